The van der Waals surface area contributed by atoms with Crippen molar-refractivity contribution in [3.8, 4) is 17.2 Å². The molecule has 0 atom stereocenters. The smallest absolute Gasteiger partial charge is 0.247 e. The molecule has 0 saturated carbocycles. The topological polar surface area (TPSA) is 71.6 Å². The molecule has 1 N–H and O–H groups in total. The molecular formula is C19H21N3O3. The van der Waals surface area contributed by atoms with Crippen LogP contribution in [0.15, 0.2) is 59.0 Å². The molecule has 130 valence electrons. The molecule has 1 aromatic heterocycles. The van der Waals surface area contributed by atoms with Crippen LogP contribution in [0.3, 0.4) is 0 Å². The number of aliphatic hydroxyl groups is 1. The number of hydrogen-bond acceptors (Lipinski definition) is 6. The average molecular weight is 339 g/mol. The number of methoxy groups -OCH3 is 1. The van der Waals surface area contributed by atoms with E-state index in [2.05, 4.69) is 27.2 Å². The Morgan fingerprint density at radius 3 is 2.44 bits per heavy atom. The Labute approximate surface area is 146 Å². The quantitative estimate of drug-likeness (QED) is 0.680. The molecule has 2 aromatic carbocycles. The third-order valence-electron chi connectivity index (χ3n) is 3.83. The lowest BCUT2D eigenvalue weighted by atomic mass is 10.2. The van der Waals surface area contributed by atoms with Gasteiger partial charge < -0.3 is 14.3 Å². The van der Waals surface area contributed by atoms with Crippen LogP contribution in [0.25, 0.3) is 11.5 Å². The van der Waals surface area contributed by atoms with Crippen LogP contribution in [0.2, 0.25) is 0 Å². The Kier molecular flexibility index (Phi) is 5.77. The molecule has 0 aliphatic carbocycles. The lowest BCUT2D eigenvalue weighted by Crippen LogP contribution is -2.26. The lowest BCUT2D eigenvalue weighted by Gasteiger charge is -2.19. The molecule has 3 aromatic rings. The number of nitrogens with zero attached hydrogens (tertiary/aromatic N) is 3. The Bertz CT molecular complexity index is 772. The Balaban J connectivity index is 1.69. The summed E-state index contributed by atoms with van der Waals surface area (Å²) in [6, 6.07) is 17.6. The summed E-state index contributed by atoms with van der Waals surface area (Å²) in [5.74, 6) is 1.77. The van der Waals surface area contributed by atoms with Crippen molar-refractivity contribution in [2.24, 2.45) is 0 Å². The minimum absolute atomic E-state index is 0.0757. The van der Waals surface area contributed by atoms with Gasteiger partial charge in [0.05, 0.1) is 20.3 Å². The summed E-state index contributed by atoms with van der Waals surface area (Å²) in [6.07, 6.45) is 0. The minimum Gasteiger partial charge on any atom is -0.497 e. The van der Waals surface area contributed by atoms with E-state index in [0.29, 0.717) is 31.4 Å². The summed E-state index contributed by atoms with van der Waals surface area (Å²) in [7, 11) is 1.63. The van der Waals surface area contributed by atoms with Crippen LogP contribution in [-0.2, 0) is 13.1 Å². The van der Waals surface area contributed by atoms with E-state index in [1.54, 1.807) is 7.11 Å². The summed E-state index contributed by atoms with van der Waals surface area (Å²) in [4.78, 5) is 2.07. The summed E-state index contributed by atoms with van der Waals surface area (Å²) < 4.78 is 10.9. The lowest BCUT2D eigenvalue weighted by molar-refractivity contribution is 0.173. The second kappa shape index (κ2) is 8.41. The van der Waals surface area contributed by atoms with E-state index in [1.807, 2.05) is 42.5 Å². The number of aliphatic hydroxyl groups excluding tert-OH is 1. The van der Waals surface area contributed by atoms with Gasteiger partial charge >= 0.3 is 0 Å². The van der Waals surface area contributed by atoms with Gasteiger partial charge in [-0.1, -0.05) is 30.3 Å². The van der Waals surface area contributed by atoms with E-state index in [1.165, 1.54) is 5.56 Å². The van der Waals surface area contributed by atoms with E-state index in [0.717, 1.165) is 11.3 Å². The largest absolute Gasteiger partial charge is 0.497 e. The van der Waals surface area contributed by atoms with Crippen molar-refractivity contribution in [1.29, 1.82) is 0 Å². The molecule has 3 rings (SSSR count). The fourth-order valence-electron chi connectivity index (χ4n) is 2.56. The zero-order valence-electron chi connectivity index (χ0n) is 14.1. The molecule has 0 bridgehead atoms. The van der Waals surface area contributed by atoms with Crippen molar-refractivity contribution in [3.63, 3.8) is 0 Å². The van der Waals surface area contributed by atoms with Gasteiger partial charge in [0, 0.05) is 18.7 Å². The Hall–Kier alpha value is -2.70. The molecule has 0 saturated heterocycles. The first-order valence-corrected chi connectivity index (χ1v) is 8.12. The number of hydrogen-bond donors (Lipinski definition) is 1. The van der Waals surface area contributed by atoms with Crippen molar-refractivity contribution >= 4 is 0 Å². The first-order chi connectivity index (χ1) is 12.3. The second-order valence-corrected chi connectivity index (χ2v) is 5.65. The molecular weight excluding hydrogens is 318 g/mol. The molecule has 0 aliphatic rings. The van der Waals surface area contributed by atoms with Gasteiger partial charge in [-0.15, -0.1) is 10.2 Å². The second-order valence-electron chi connectivity index (χ2n) is 5.65. The highest BCUT2D eigenvalue weighted by Crippen LogP contribution is 2.21. The van der Waals surface area contributed by atoms with Crippen LogP contribution in [-0.4, -0.2) is 40.5 Å². The maximum absolute atomic E-state index is 9.31. The van der Waals surface area contributed by atoms with Gasteiger partial charge in [0.25, 0.3) is 0 Å². The summed E-state index contributed by atoms with van der Waals surface area (Å²) >= 11 is 0. The van der Waals surface area contributed by atoms with Gasteiger partial charge in [-0.25, -0.2) is 0 Å². The third kappa shape index (κ3) is 4.65. The van der Waals surface area contributed by atoms with Crippen LogP contribution in [0.4, 0.5) is 0 Å². The van der Waals surface area contributed by atoms with E-state index < -0.39 is 0 Å². The Morgan fingerprint density at radius 2 is 1.76 bits per heavy atom. The highest BCUT2D eigenvalue weighted by atomic mass is 16.5. The normalized spacial score (nSPS) is 11.0. The van der Waals surface area contributed by atoms with Crippen molar-refractivity contribution in [2.75, 3.05) is 20.3 Å². The Morgan fingerprint density at radius 1 is 1.00 bits per heavy atom. The monoisotopic (exact) mass is 339 g/mol. The predicted molar refractivity (Wildman–Crippen MR) is 93.9 cm³/mol. The highest BCUT2D eigenvalue weighted by Gasteiger charge is 2.13. The van der Waals surface area contributed by atoms with Crippen molar-refractivity contribution in [3.05, 3.63) is 66.1 Å². The average Bonchev–Trinajstić information content (AvgIpc) is 3.11. The number of ether oxygens (including phenoxy) is 1. The highest BCUT2D eigenvalue weighted by molar-refractivity contribution is 5.53. The van der Waals surface area contributed by atoms with Gasteiger partial charge in [0.15, 0.2) is 0 Å². The van der Waals surface area contributed by atoms with E-state index >= 15 is 0 Å². The van der Waals surface area contributed by atoms with Crippen LogP contribution in [0.5, 0.6) is 5.75 Å². The fraction of sp³-hybridized carbons (Fsp3) is 0.263. The van der Waals surface area contributed by atoms with Crippen LogP contribution in [0, 0.1) is 0 Å². The van der Waals surface area contributed by atoms with Gasteiger partial charge in [-0.2, -0.15) is 0 Å². The van der Waals surface area contributed by atoms with Crippen molar-refractivity contribution in [2.45, 2.75) is 13.1 Å². The van der Waals surface area contributed by atoms with Gasteiger partial charge in [-0.05, 0) is 29.8 Å². The fourth-order valence-corrected chi connectivity index (χ4v) is 2.56. The van der Waals surface area contributed by atoms with Gasteiger partial charge in [-0.3, -0.25) is 4.90 Å². The number of aromatic nitrogens is 2. The molecule has 0 unspecified atom stereocenters. The minimum atomic E-state index is 0.0757. The summed E-state index contributed by atoms with van der Waals surface area (Å²) in [5.41, 5.74) is 2.02. The molecule has 1 heterocycles. The zero-order valence-corrected chi connectivity index (χ0v) is 14.1. The van der Waals surface area contributed by atoms with Crippen LogP contribution in [0.1, 0.15) is 11.5 Å². The number of benzene rings is 2. The third-order valence-corrected chi connectivity index (χ3v) is 3.83. The molecule has 0 amide bonds. The van der Waals surface area contributed by atoms with Gasteiger partial charge in [0.1, 0.15) is 5.75 Å². The molecule has 6 heteroatoms. The first kappa shape index (κ1) is 17.1. The first-order valence-electron chi connectivity index (χ1n) is 8.12. The number of rotatable bonds is 8. The van der Waals surface area contributed by atoms with Crippen molar-refractivity contribution < 1.29 is 14.3 Å². The maximum atomic E-state index is 9.31. The SMILES string of the molecule is COc1ccc(-c2nnc(CN(CCO)Cc3ccccc3)o2)cc1. The molecule has 6 nitrogen and oxygen atoms in total. The molecule has 0 radical (unpaired) electrons. The van der Waals surface area contributed by atoms with E-state index in [-0.39, 0.29) is 6.61 Å². The van der Waals surface area contributed by atoms with Crippen molar-refractivity contribution in [1.82, 2.24) is 15.1 Å². The van der Waals surface area contributed by atoms with E-state index in [9.17, 15) is 5.11 Å². The molecule has 0 aliphatic heterocycles. The van der Waals surface area contributed by atoms with Crippen LogP contribution < -0.4 is 4.74 Å². The standard InChI is InChI=1S/C19H21N3O3/c1-24-17-9-7-16(8-10-17)19-21-20-18(25-19)14-22(11-12-23)13-15-5-3-2-4-6-15/h2-10,23H,11-14H2,1H3. The zero-order chi connectivity index (χ0) is 17.5. The van der Waals surface area contributed by atoms with E-state index in [4.69, 9.17) is 9.15 Å². The molecule has 25 heavy (non-hydrogen) atoms. The van der Waals surface area contributed by atoms with Crippen LogP contribution >= 0.6 is 0 Å². The predicted octanol–water partition coefficient (Wildman–Crippen LogP) is 2.74. The summed E-state index contributed by atoms with van der Waals surface area (Å²) in [5, 5.41) is 17.5. The summed E-state index contributed by atoms with van der Waals surface area (Å²) in [6.45, 7) is 1.81. The molecule has 0 fully saturated rings. The molecule has 0 spiro atoms. The maximum Gasteiger partial charge on any atom is 0.247 e. The van der Waals surface area contributed by atoms with Gasteiger partial charge in [0.2, 0.25) is 11.8 Å².